The molecule has 4 rings (SSSR count). The molecule has 11 nitrogen and oxygen atoms in total. The fourth-order valence-corrected chi connectivity index (χ4v) is 8.80. The van der Waals surface area contributed by atoms with Crippen molar-refractivity contribution in [1.82, 2.24) is 10.6 Å². The van der Waals surface area contributed by atoms with E-state index in [1.54, 1.807) is 30.3 Å². The molecule has 0 spiro atoms. The zero-order valence-electron chi connectivity index (χ0n) is 28.2. The Kier molecular flexibility index (Phi) is 14.5. The first-order valence-electron chi connectivity index (χ1n) is 16.3. The monoisotopic (exact) mass is 713 g/mol. The number of benzene rings is 3. The minimum absolute atomic E-state index is 0. The molecule has 0 saturated carbocycles. The van der Waals surface area contributed by atoms with Crippen LogP contribution in [0.1, 0.15) is 64.0 Å². The van der Waals surface area contributed by atoms with Crippen LogP contribution in [-0.2, 0) is 24.2 Å². The molecule has 1 atom stereocenters. The second-order valence-electron chi connectivity index (χ2n) is 12.2. The Morgan fingerprint density at radius 1 is 0.980 bits per heavy atom. The molecule has 2 amide bonds. The number of ether oxygens (including phenoxy) is 1. The number of carbonyl (C=O) groups is 3. The Morgan fingerprint density at radius 2 is 1.59 bits per heavy atom. The number of hydrogen-bond acceptors (Lipinski definition) is 8. The molecule has 0 saturated heterocycles. The maximum Gasteiger partial charge on any atom is 0.322 e. The highest BCUT2D eigenvalue weighted by Crippen LogP contribution is 2.47. The van der Waals surface area contributed by atoms with E-state index < -0.39 is 52.2 Å². The van der Waals surface area contributed by atoms with Crippen LogP contribution >= 0.6 is 11.8 Å². The number of sulfone groups is 1. The average molecular weight is 714 g/mol. The molecule has 5 N–H and O–H groups in total. The summed E-state index contributed by atoms with van der Waals surface area (Å²) in [5.74, 6) is -2.28. The number of nitrogens with zero attached hydrogens (tertiary/aromatic N) is 1. The van der Waals surface area contributed by atoms with Crippen molar-refractivity contribution in [3.8, 4) is 5.75 Å². The molecule has 0 radical (unpaired) electrons. The van der Waals surface area contributed by atoms with Crippen LogP contribution in [0.3, 0.4) is 0 Å². The predicted molar refractivity (Wildman–Crippen MR) is 192 cm³/mol. The molecule has 0 aromatic heterocycles. The van der Waals surface area contributed by atoms with Crippen molar-refractivity contribution < 1.29 is 38.1 Å². The summed E-state index contributed by atoms with van der Waals surface area (Å²) < 4.78 is 34.7. The topological polar surface area (TPSA) is 174 Å². The van der Waals surface area contributed by atoms with Gasteiger partial charge in [-0.05, 0) is 42.9 Å². The molecular formula is C36H47N3O8S2. The summed E-state index contributed by atoms with van der Waals surface area (Å²) >= 11 is 1.38. The van der Waals surface area contributed by atoms with E-state index in [4.69, 9.17) is 9.84 Å². The SMILES string of the molecule is CCCCC1(CCCC)CN(c2ccccc2)c2cc(SC)c(OCC(=O)NC(C(=O)NCC(=O)O)c3ccccc3)cc2S(=O)(=O)C1.O. The van der Waals surface area contributed by atoms with Crippen molar-refractivity contribution in [3.05, 3.63) is 78.4 Å². The number of anilines is 2. The predicted octanol–water partition coefficient (Wildman–Crippen LogP) is 5.31. The number of amides is 2. The third kappa shape index (κ3) is 10.2. The Morgan fingerprint density at radius 3 is 2.16 bits per heavy atom. The Hall–Kier alpha value is -4.07. The van der Waals surface area contributed by atoms with E-state index in [2.05, 4.69) is 29.4 Å². The number of para-hydroxylation sites is 1. The average Bonchev–Trinajstić information content (AvgIpc) is 3.18. The molecule has 3 aromatic carbocycles. The van der Waals surface area contributed by atoms with Crippen molar-refractivity contribution >= 4 is 50.8 Å². The maximum atomic E-state index is 14.3. The molecule has 13 heteroatoms. The minimum Gasteiger partial charge on any atom is -0.483 e. The number of hydrogen-bond donors (Lipinski definition) is 3. The fraction of sp³-hybridized carbons (Fsp3) is 0.417. The highest BCUT2D eigenvalue weighted by Gasteiger charge is 2.42. The number of carboxylic acids is 1. The lowest BCUT2D eigenvalue weighted by Crippen LogP contribution is -2.43. The van der Waals surface area contributed by atoms with E-state index in [1.807, 2.05) is 42.7 Å². The Balaban J connectivity index is 0.00000650. The van der Waals surface area contributed by atoms with Crippen LogP contribution in [-0.4, -0.2) is 68.5 Å². The number of rotatable bonds is 16. The smallest absolute Gasteiger partial charge is 0.322 e. The lowest BCUT2D eigenvalue weighted by atomic mass is 9.79. The van der Waals surface area contributed by atoms with Crippen molar-refractivity contribution in [3.63, 3.8) is 0 Å². The van der Waals surface area contributed by atoms with Gasteiger partial charge in [-0.25, -0.2) is 8.42 Å². The van der Waals surface area contributed by atoms with Gasteiger partial charge in [0.25, 0.3) is 5.91 Å². The summed E-state index contributed by atoms with van der Waals surface area (Å²) in [5.41, 5.74) is 1.50. The van der Waals surface area contributed by atoms with Crippen LogP contribution in [0, 0.1) is 5.41 Å². The molecule has 266 valence electrons. The third-order valence-corrected chi connectivity index (χ3v) is 11.3. The van der Waals surface area contributed by atoms with E-state index in [-0.39, 0.29) is 21.9 Å². The van der Waals surface area contributed by atoms with Gasteiger partial charge >= 0.3 is 5.97 Å². The second kappa shape index (κ2) is 18.1. The van der Waals surface area contributed by atoms with Gasteiger partial charge in [0.05, 0.1) is 21.2 Å². The van der Waals surface area contributed by atoms with Gasteiger partial charge in [-0.15, -0.1) is 11.8 Å². The lowest BCUT2D eigenvalue weighted by molar-refractivity contribution is -0.138. The largest absolute Gasteiger partial charge is 0.483 e. The van der Waals surface area contributed by atoms with E-state index in [1.165, 1.54) is 17.8 Å². The van der Waals surface area contributed by atoms with Gasteiger partial charge in [0.15, 0.2) is 16.4 Å². The normalized spacial score (nSPS) is 15.1. The number of carboxylic acid groups (broad SMARTS) is 1. The maximum absolute atomic E-state index is 14.3. The molecule has 1 aliphatic heterocycles. The Labute approximate surface area is 293 Å². The molecule has 0 bridgehead atoms. The second-order valence-corrected chi connectivity index (χ2v) is 15.0. The van der Waals surface area contributed by atoms with Crippen LogP contribution in [0.25, 0.3) is 0 Å². The van der Waals surface area contributed by atoms with Gasteiger partial charge in [0, 0.05) is 23.7 Å². The van der Waals surface area contributed by atoms with Crippen LogP contribution in [0.2, 0.25) is 0 Å². The highest BCUT2D eigenvalue weighted by molar-refractivity contribution is 7.98. The Bertz CT molecular complexity index is 1660. The standard InChI is InChI=1S/C36H45N3O7S2.H2O/c1-4-6-18-36(19-7-5-2)24-39(27-16-12-9-13-17-27)28-20-30(47-3)29(21-31(28)48(44,45)25-36)46-23-32(40)38-34(26-14-10-8-11-15-26)35(43)37-22-33(41)42;/h8-17,20-21,34H,4-7,18-19,22-25H2,1-3H3,(H,37,43)(H,38,40)(H,41,42);1H2. The first kappa shape index (κ1) is 39.4. The third-order valence-electron chi connectivity index (χ3n) is 8.52. The van der Waals surface area contributed by atoms with E-state index in [0.29, 0.717) is 22.7 Å². The van der Waals surface area contributed by atoms with Gasteiger partial charge in [-0.2, -0.15) is 0 Å². The van der Waals surface area contributed by atoms with Crippen LogP contribution in [0.4, 0.5) is 11.4 Å². The van der Waals surface area contributed by atoms with Crippen LogP contribution in [0.15, 0.2) is 82.6 Å². The summed E-state index contributed by atoms with van der Waals surface area (Å²) in [4.78, 5) is 40.0. The van der Waals surface area contributed by atoms with Crippen LogP contribution in [0.5, 0.6) is 5.75 Å². The van der Waals surface area contributed by atoms with Gasteiger partial charge in [-0.3, -0.25) is 14.4 Å². The minimum atomic E-state index is -3.79. The summed E-state index contributed by atoms with van der Waals surface area (Å²) in [6.07, 6.45) is 7.23. The van der Waals surface area contributed by atoms with Crippen molar-refractivity contribution in [2.75, 3.05) is 36.6 Å². The number of unbranched alkanes of at least 4 members (excludes halogenated alkanes) is 2. The summed E-state index contributed by atoms with van der Waals surface area (Å²) in [6.45, 7) is 3.70. The first-order chi connectivity index (χ1) is 23.0. The highest BCUT2D eigenvalue weighted by atomic mass is 32.2. The zero-order chi connectivity index (χ0) is 34.7. The molecule has 3 aromatic rings. The molecule has 0 fully saturated rings. The first-order valence-corrected chi connectivity index (χ1v) is 19.1. The molecule has 49 heavy (non-hydrogen) atoms. The molecule has 1 aliphatic rings. The van der Waals surface area contributed by atoms with Crippen molar-refractivity contribution in [2.45, 2.75) is 68.2 Å². The summed E-state index contributed by atoms with van der Waals surface area (Å²) in [5, 5.41) is 13.9. The van der Waals surface area contributed by atoms with Crippen LogP contribution < -0.4 is 20.3 Å². The van der Waals surface area contributed by atoms with Crippen molar-refractivity contribution in [2.24, 2.45) is 5.41 Å². The molecule has 0 aliphatic carbocycles. The molecule has 1 heterocycles. The van der Waals surface area contributed by atoms with E-state index >= 15 is 0 Å². The quantitative estimate of drug-likeness (QED) is 0.166. The molecular weight excluding hydrogens is 667 g/mol. The number of thioether (sulfide) groups is 1. The zero-order valence-corrected chi connectivity index (χ0v) is 29.9. The number of aliphatic carboxylic acids is 1. The van der Waals surface area contributed by atoms with Gasteiger partial charge in [0.2, 0.25) is 5.91 Å². The molecule has 1 unspecified atom stereocenters. The summed E-state index contributed by atoms with van der Waals surface area (Å²) in [6, 6.07) is 20.5. The lowest BCUT2D eigenvalue weighted by Gasteiger charge is -2.37. The van der Waals surface area contributed by atoms with Gasteiger partial charge < -0.3 is 30.9 Å². The number of nitrogens with one attached hydrogen (secondary N) is 2. The summed E-state index contributed by atoms with van der Waals surface area (Å²) in [7, 11) is -3.79. The fourth-order valence-electron chi connectivity index (χ4n) is 6.14. The van der Waals surface area contributed by atoms with E-state index in [9.17, 15) is 22.8 Å². The number of carbonyl (C=O) groups excluding carboxylic acids is 2. The van der Waals surface area contributed by atoms with Crippen molar-refractivity contribution in [1.29, 1.82) is 0 Å². The van der Waals surface area contributed by atoms with E-state index in [0.717, 1.165) is 44.2 Å². The van der Waals surface area contributed by atoms with Gasteiger partial charge in [-0.1, -0.05) is 88.1 Å². The number of fused-ring (bicyclic) bond motifs is 1. The van der Waals surface area contributed by atoms with Gasteiger partial charge in [0.1, 0.15) is 18.3 Å².